The van der Waals surface area contributed by atoms with Gasteiger partial charge >= 0.3 is 0 Å². The van der Waals surface area contributed by atoms with Gasteiger partial charge in [0.1, 0.15) is 0 Å². The Labute approximate surface area is 184 Å². The summed E-state index contributed by atoms with van der Waals surface area (Å²) < 4.78 is 0. The van der Waals surface area contributed by atoms with Gasteiger partial charge < -0.3 is 4.90 Å². The molecule has 2 aromatic rings. The van der Waals surface area contributed by atoms with Crippen molar-refractivity contribution in [3.63, 3.8) is 0 Å². The highest BCUT2D eigenvalue weighted by Crippen LogP contribution is 2.27. The number of nitrogens with one attached hydrogen (secondary N) is 1. The number of amides is 1. The molecule has 158 valence electrons. The van der Waals surface area contributed by atoms with Crippen LogP contribution < -0.4 is 10.3 Å². The van der Waals surface area contributed by atoms with E-state index in [4.69, 9.17) is 11.6 Å². The number of nitrogens with zero attached hydrogens (tertiary/aromatic N) is 3. The molecule has 0 radical (unpaired) electrons. The van der Waals surface area contributed by atoms with Gasteiger partial charge in [-0.2, -0.15) is 5.10 Å². The molecule has 1 fully saturated rings. The molecule has 9 heteroatoms. The summed E-state index contributed by atoms with van der Waals surface area (Å²) in [5, 5.41) is 15.9. The minimum Gasteiger partial charge on any atom is -0.371 e. The molecule has 1 aliphatic rings. The lowest BCUT2D eigenvalue weighted by Gasteiger charge is -2.29. The molecule has 1 amide bonds. The number of hydrazone groups is 1. The maximum Gasteiger partial charge on any atom is 0.270 e. The summed E-state index contributed by atoms with van der Waals surface area (Å²) in [5.74, 6) is 0.616. The van der Waals surface area contributed by atoms with Crippen LogP contribution in [0.4, 0.5) is 11.4 Å². The first-order valence-electron chi connectivity index (χ1n) is 9.71. The number of nitro groups is 1. The molecule has 1 heterocycles. The van der Waals surface area contributed by atoms with Crippen molar-refractivity contribution in [1.29, 1.82) is 0 Å². The summed E-state index contributed by atoms with van der Waals surface area (Å²) in [6, 6.07) is 12.3. The van der Waals surface area contributed by atoms with Crippen LogP contribution in [-0.4, -0.2) is 35.9 Å². The van der Waals surface area contributed by atoms with Gasteiger partial charge in [0.2, 0.25) is 5.91 Å². The highest BCUT2D eigenvalue weighted by molar-refractivity contribution is 7.99. The normalized spacial score (nSPS) is 14.1. The number of halogens is 1. The average molecular weight is 447 g/mol. The second-order valence-electron chi connectivity index (χ2n) is 6.93. The Balaban J connectivity index is 1.59. The second kappa shape index (κ2) is 11.0. The van der Waals surface area contributed by atoms with Gasteiger partial charge in [-0.3, -0.25) is 14.9 Å². The predicted octanol–water partition coefficient (Wildman–Crippen LogP) is 4.62. The first kappa shape index (κ1) is 22.1. The number of benzene rings is 2. The second-order valence-corrected chi connectivity index (χ2v) is 8.32. The zero-order valence-corrected chi connectivity index (χ0v) is 18.0. The monoisotopic (exact) mass is 446 g/mol. The maximum absolute atomic E-state index is 12.1. The van der Waals surface area contributed by atoms with Gasteiger partial charge in [0.05, 0.1) is 16.9 Å². The molecule has 1 aliphatic heterocycles. The van der Waals surface area contributed by atoms with Gasteiger partial charge in [0.25, 0.3) is 5.69 Å². The summed E-state index contributed by atoms with van der Waals surface area (Å²) in [5.41, 5.74) is 4.99. The standard InChI is InChI=1S/C21H23ClN4O3S/c22-19-7-3-2-6-16(19)14-30-15-21(27)24-23-13-17-12-18(26(28)29)8-9-20(17)25-10-4-1-5-11-25/h2-3,6-9,12-13H,1,4-5,10-11,14-15H2,(H,24,27)/b23-13-. The molecule has 1 saturated heterocycles. The Morgan fingerprint density at radius 3 is 2.73 bits per heavy atom. The SMILES string of the molecule is O=C(CSCc1ccccc1Cl)N/N=C\c1cc([N+](=O)[O-])ccc1N1CCCCC1. The number of non-ortho nitro benzene ring substituents is 1. The van der Waals surface area contributed by atoms with E-state index in [1.54, 1.807) is 6.07 Å². The third kappa shape index (κ3) is 6.21. The Kier molecular flexibility index (Phi) is 8.10. The smallest absolute Gasteiger partial charge is 0.270 e. The van der Waals surface area contributed by atoms with Gasteiger partial charge in [-0.1, -0.05) is 29.8 Å². The molecule has 0 unspecified atom stereocenters. The third-order valence-corrected chi connectivity index (χ3v) is 6.11. The summed E-state index contributed by atoms with van der Waals surface area (Å²) in [7, 11) is 0. The maximum atomic E-state index is 12.1. The van der Waals surface area contributed by atoms with Crippen molar-refractivity contribution in [3.8, 4) is 0 Å². The predicted molar refractivity (Wildman–Crippen MR) is 123 cm³/mol. The van der Waals surface area contributed by atoms with Crippen molar-refractivity contribution < 1.29 is 9.72 Å². The molecule has 0 atom stereocenters. The van der Waals surface area contributed by atoms with Gasteiger partial charge in [-0.05, 0) is 37.0 Å². The summed E-state index contributed by atoms with van der Waals surface area (Å²) >= 11 is 7.55. The molecule has 0 bridgehead atoms. The highest BCUT2D eigenvalue weighted by atomic mass is 35.5. The number of piperidine rings is 1. The fourth-order valence-corrected chi connectivity index (χ4v) is 4.36. The zero-order valence-electron chi connectivity index (χ0n) is 16.4. The Morgan fingerprint density at radius 1 is 1.23 bits per heavy atom. The first-order valence-corrected chi connectivity index (χ1v) is 11.2. The molecule has 0 spiro atoms. The van der Waals surface area contributed by atoms with Crippen molar-refractivity contribution in [2.24, 2.45) is 5.10 Å². The number of hydrogen-bond acceptors (Lipinski definition) is 6. The Bertz CT molecular complexity index is 932. The Hall–Kier alpha value is -2.58. The number of carbonyl (C=O) groups excluding carboxylic acids is 1. The van der Waals surface area contributed by atoms with Crippen molar-refractivity contribution in [2.45, 2.75) is 25.0 Å². The van der Waals surface area contributed by atoms with Gasteiger partial charge in [-0.25, -0.2) is 5.43 Å². The fourth-order valence-electron chi connectivity index (χ4n) is 3.26. The molecule has 7 nitrogen and oxygen atoms in total. The third-order valence-electron chi connectivity index (χ3n) is 4.76. The quantitative estimate of drug-likeness (QED) is 0.363. The van der Waals surface area contributed by atoms with Crippen LogP contribution in [0.15, 0.2) is 47.6 Å². The number of hydrogen-bond donors (Lipinski definition) is 1. The molecule has 2 aromatic carbocycles. The molecule has 1 N–H and O–H groups in total. The summed E-state index contributed by atoms with van der Waals surface area (Å²) in [6.07, 6.45) is 4.85. The van der Waals surface area contributed by atoms with Crippen LogP contribution in [0.2, 0.25) is 5.02 Å². The zero-order chi connectivity index (χ0) is 21.3. The molecule has 0 aliphatic carbocycles. The van der Waals surface area contributed by atoms with Crippen LogP contribution in [-0.2, 0) is 10.5 Å². The molecule has 0 aromatic heterocycles. The van der Waals surface area contributed by atoms with Crippen LogP contribution in [0.5, 0.6) is 0 Å². The van der Waals surface area contributed by atoms with Crippen LogP contribution in [0.25, 0.3) is 0 Å². The molecule has 30 heavy (non-hydrogen) atoms. The molecule has 3 rings (SSSR count). The Morgan fingerprint density at radius 2 is 2.00 bits per heavy atom. The van der Waals surface area contributed by atoms with Crippen molar-refractivity contribution in [1.82, 2.24) is 5.43 Å². The lowest BCUT2D eigenvalue weighted by molar-refractivity contribution is -0.384. The van der Waals surface area contributed by atoms with Crippen LogP contribution in [0, 0.1) is 10.1 Å². The topological polar surface area (TPSA) is 87.8 Å². The fraction of sp³-hybridized carbons (Fsp3) is 0.333. The minimum absolute atomic E-state index is 0.00108. The molecule has 0 saturated carbocycles. The van der Waals surface area contributed by atoms with Gasteiger partial charge in [0.15, 0.2) is 0 Å². The van der Waals surface area contributed by atoms with E-state index >= 15 is 0 Å². The van der Waals surface area contributed by atoms with E-state index in [0.29, 0.717) is 16.3 Å². The van der Waals surface area contributed by atoms with Crippen molar-refractivity contribution in [2.75, 3.05) is 23.7 Å². The minimum atomic E-state index is -0.429. The van der Waals surface area contributed by atoms with Crippen molar-refractivity contribution in [3.05, 3.63) is 68.7 Å². The summed E-state index contributed by atoms with van der Waals surface area (Å²) in [4.78, 5) is 25.0. The number of thioether (sulfide) groups is 1. The number of carbonyl (C=O) groups is 1. The average Bonchev–Trinajstić information content (AvgIpc) is 2.75. The van der Waals surface area contributed by atoms with E-state index in [0.717, 1.165) is 37.2 Å². The first-order chi connectivity index (χ1) is 14.5. The lowest BCUT2D eigenvalue weighted by Crippen LogP contribution is -2.30. The van der Waals surface area contributed by atoms with Crippen molar-refractivity contribution >= 4 is 46.9 Å². The van der Waals surface area contributed by atoms with Crippen LogP contribution in [0.3, 0.4) is 0 Å². The number of anilines is 1. The molecular formula is C21H23ClN4O3S. The highest BCUT2D eigenvalue weighted by Gasteiger charge is 2.17. The largest absolute Gasteiger partial charge is 0.371 e. The summed E-state index contributed by atoms with van der Waals surface area (Å²) in [6.45, 7) is 1.81. The van der Waals surface area contributed by atoms with E-state index in [1.807, 2.05) is 24.3 Å². The van der Waals surface area contributed by atoms with Gasteiger partial charge in [-0.15, -0.1) is 11.8 Å². The van der Waals surface area contributed by atoms with E-state index in [-0.39, 0.29) is 17.3 Å². The van der Waals surface area contributed by atoms with E-state index in [9.17, 15) is 14.9 Å². The lowest BCUT2D eigenvalue weighted by atomic mass is 10.1. The molecular weight excluding hydrogens is 424 g/mol. The number of nitro benzene ring substituents is 1. The van der Waals surface area contributed by atoms with Gasteiger partial charge in [0, 0.05) is 47.2 Å². The van der Waals surface area contributed by atoms with E-state index < -0.39 is 4.92 Å². The van der Waals surface area contributed by atoms with E-state index in [1.165, 1.54) is 36.5 Å². The van der Waals surface area contributed by atoms with Crippen LogP contribution >= 0.6 is 23.4 Å². The number of rotatable bonds is 8. The van der Waals surface area contributed by atoms with E-state index in [2.05, 4.69) is 15.4 Å². The van der Waals surface area contributed by atoms with Crippen LogP contribution in [0.1, 0.15) is 30.4 Å².